The van der Waals surface area contributed by atoms with Crippen molar-refractivity contribution in [3.63, 3.8) is 0 Å². The molecule has 8 nitrogen and oxygen atoms in total. The number of phenolic OH excluding ortho intramolecular Hbond substituents is 1. The molecule has 11 heteroatoms. The number of hydrogen-bond acceptors (Lipinski definition) is 7. The molecule has 0 aliphatic carbocycles. The number of benzene rings is 1. The van der Waals surface area contributed by atoms with Gasteiger partial charge in [-0.25, -0.2) is 0 Å². The van der Waals surface area contributed by atoms with Crippen molar-refractivity contribution in [1.82, 2.24) is 0 Å². The third-order valence-electron chi connectivity index (χ3n) is 2.40. The monoisotopic (exact) mass is 694 g/mol. The van der Waals surface area contributed by atoms with Gasteiger partial charge in [-0.05, 0) is 0 Å². The Labute approximate surface area is 146 Å². The molecule has 1 aromatic rings. The molecule has 2 N–H and O–H groups in total. The maximum atomic E-state index is 11.2. The van der Waals surface area contributed by atoms with E-state index in [-0.39, 0.29) is 11.9 Å². The first-order valence-electron chi connectivity index (χ1n) is 5.70. The first kappa shape index (κ1) is 18.8. The molecule has 0 spiro atoms. The van der Waals surface area contributed by atoms with Gasteiger partial charge in [0.1, 0.15) is 0 Å². The van der Waals surface area contributed by atoms with Gasteiger partial charge in [-0.3, -0.25) is 0 Å². The van der Waals surface area contributed by atoms with Crippen molar-refractivity contribution in [2.45, 2.75) is 18.7 Å². The predicted octanol–water partition coefficient (Wildman–Crippen LogP) is -0.989. The predicted molar refractivity (Wildman–Crippen MR) is 60.7 cm³/mol. The van der Waals surface area contributed by atoms with Gasteiger partial charge in [0.05, 0.1) is 0 Å². The third kappa shape index (κ3) is 6.17. The zero-order chi connectivity index (χ0) is 16.2. The van der Waals surface area contributed by atoms with Crippen molar-refractivity contribution in [2.24, 2.45) is 0 Å². The van der Waals surface area contributed by atoms with E-state index in [9.17, 15) is 23.1 Å². The Balaban J connectivity index is 3.25. The average molecular weight is 691 g/mol. The first-order valence-corrected chi connectivity index (χ1v) is 17.1. The van der Waals surface area contributed by atoms with Crippen molar-refractivity contribution in [1.29, 1.82) is 0 Å². The van der Waals surface area contributed by atoms with E-state index in [0.29, 0.717) is 0 Å². The van der Waals surface area contributed by atoms with Gasteiger partial charge in [0.15, 0.2) is 0 Å². The van der Waals surface area contributed by atoms with Gasteiger partial charge in [0, 0.05) is 0 Å². The molecule has 0 saturated carbocycles. The minimum absolute atomic E-state index is 0.187. The topological polar surface area (TPSA) is 127 Å². The SMILES string of the molecule is CC(=O)[O][Hg][c]1cc(S(=O)(=O)O)c[c]([Hg][O]C(C)=O)c1O. The molecule has 0 atom stereocenters. The molecule has 0 fully saturated rings. The van der Waals surface area contributed by atoms with Gasteiger partial charge in [0.25, 0.3) is 0 Å². The van der Waals surface area contributed by atoms with Crippen molar-refractivity contribution >= 4 is 28.2 Å². The normalized spacial score (nSPS) is 10.2. The molecule has 0 radical (unpaired) electrons. The molecule has 0 bridgehead atoms. The fourth-order valence-corrected chi connectivity index (χ4v) is 14.9. The van der Waals surface area contributed by atoms with Crippen LogP contribution in [0.4, 0.5) is 0 Å². The van der Waals surface area contributed by atoms with Gasteiger partial charge in [-0.1, -0.05) is 0 Å². The van der Waals surface area contributed by atoms with Gasteiger partial charge in [-0.15, -0.1) is 0 Å². The summed E-state index contributed by atoms with van der Waals surface area (Å²) in [5, 5.41) is 10.1. The molecule has 1 aromatic carbocycles. The summed E-state index contributed by atoms with van der Waals surface area (Å²) in [6.07, 6.45) is 0. The van der Waals surface area contributed by atoms with E-state index < -0.39 is 77.0 Å². The molecule has 1 rings (SSSR count). The van der Waals surface area contributed by atoms with Crippen LogP contribution in [0.2, 0.25) is 0 Å². The van der Waals surface area contributed by atoms with E-state index in [1.54, 1.807) is 0 Å². The Bertz CT molecular complexity index is 631. The summed E-state index contributed by atoms with van der Waals surface area (Å²) in [6.45, 7) is 2.42. The molecule has 0 heterocycles. The number of aromatic hydroxyl groups is 1. The molecule has 108 valence electrons. The van der Waals surface area contributed by atoms with E-state index in [1.807, 2.05) is 0 Å². The Morgan fingerprint density at radius 1 is 1.05 bits per heavy atom. The van der Waals surface area contributed by atoms with Crippen LogP contribution in [-0.4, -0.2) is 30.0 Å². The fourth-order valence-electron chi connectivity index (χ4n) is 1.46. The van der Waals surface area contributed by atoms with Crippen LogP contribution in [0, 0.1) is 0 Å². The number of carbonyl (C=O) groups excluding carboxylic acids is 2. The van der Waals surface area contributed by atoms with Crippen LogP contribution < -0.4 is 6.14 Å². The molecule has 0 unspecified atom stereocenters. The van der Waals surface area contributed by atoms with Gasteiger partial charge >= 0.3 is 148 Å². The molecule has 21 heavy (non-hydrogen) atoms. The Kier molecular flexibility index (Phi) is 7.01. The maximum absolute atomic E-state index is 11.2. The van der Waals surface area contributed by atoms with Crippen LogP contribution in [-0.2, 0) is 75.1 Å². The zero-order valence-electron chi connectivity index (χ0n) is 11.3. The second-order valence-electron chi connectivity index (χ2n) is 4.13. The zero-order valence-corrected chi connectivity index (χ0v) is 23.1. The summed E-state index contributed by atoms with van der Waals surface area (Å²) in [5.41, 5.74) is 0. The van der Waals surface area contributed by atoms with Gasteiger partial charge < -0.3 is 0 Å². The number of phenols is 1. The Morgan fingerprint density at radius 3 is 1.71 bits per heavy atom. The quantitative estimate of drug-likeness (QED) is 0.298. The van der Waals surface area contributed by atoms with Crippen LogP contribution in [0.1, 0.15) is 13.8 Å². The number of carbonyl (C=O) groups is 2. The second-order valence-corrected chi connectivity index (χ2v) is 16.0. The van der Waals surface area contributed by atoms with Crippen LogP contribution in [0.5, 0.6) is 5.75 Å². The van der Waals surface area contributed by atoms with Crippen LogP contribution in [0.3, 0.4) is 0 Å². The summed E-state index contributed by atoms with van der Waals surface area (Å²) in [6, 6.07) is 2.19. The number of rotatable bonds is 5. The van der Waals surface area contributed by atoms with E-state index in [1.165, 1.54) is 13.8 Å². The fraction of sp³-hybridized carbons (Fsp3) is 0.200. The van der Waals surface area contributed by atoms with Crippen molar-refractivity contribution < 1.29 is 83.0 Å². The molecule has 0 amide bonds. The van der Waals surface area contributed by atoms with Gasteiger partial charge in [-0.2, -0.15) is 0 Å². The van der Waals surface area contributed by atoms with Crippen LogP contribution >= 0.6 is 0 Å². The standard InChI is InChI=1S/C6H4O4S.2C2H4O2.2Hg/c7-5-1-3-6(4-2-5)11(8,9)10;2*1-2(3)4;;/h3-4,7H,(H,8,9,10);2*1H3,(H,3,4);;/q;;;2*+1/p-2. The van der Waals surface area contributed by atoms with E-state index in [4.69, 9.17) is 9.84 Å². The van der Waals surface area contributed by atoms with Gasteiger partial charge in [0.2, 0.25) is 0 Å². The third-order valence-corrected chi connectivity index (χ3v) is 14.1. The minimum atomic E-state index is -4.46. The van der Waals surface area contributed by atoms with Crippen molar-refractivity contribution in [2.75, 3.05) is 0 Å². The summed E-state index contributed by atoms with van der Waals surface area (Å²) in [7, 11) is -4.46. The molecule has 0 aliphatic heterocycles. The molecular formula is C10H10Hg2O8S. The first-order chi connectivity index (χ1) is 9.61. The molecule has 0 aromatic heterocycles. The molecular weight excluding hydrogens is 681 g/mol. The molecule has 0 aliphatic rings. The number of hydrogen-bond donors (Lipinski definition) is 2. The summed E-state index contributed by atoms with van der Waals surface area (Å²) < 4.78 is 41.9. The average Bonchev–Trinajstić information content (AvgIpc) is 2.34. The van der Waals surface area contributed by atoms with E-state index >= 15 is 0 Å². The molecule has 0 saturated heterocycles. The summed E-state index contributed by atoms with van der Waals surface area (Å²) >= 11 is -5.03. The van der Waals surface area contributed by atoms with E-state index in [0.717, 1.165) is 12.1 Å². The van der Waals surface area contributed by atoms with Crippen LogP contribution in [0.25, 0.3) is 0 Å². The van der Waals surface area contributed by atoms with Crippen LogP contribution in [0.15, 0.2) is 17.0 Å². The summed E-state index contributed by atoms with van der Waals surface area (Å²) in [5.74, 6) is -1.22. The Morgan fingerprint density at radius 2 is 1.43 bits per heavy atom. The van der Waals surface area contributed by atoms with E-state index in [2.05, 4.69) is 0 Å². The second kappa shape index (κ2) is 7.84. The summed E-state index contributed by atoms with van der Waals surface area (Å²) in [4.78, 5) is 21.3. The van der Waals surface area contributed by atoms with Crippen molar-refractivity contribution in [3.8, 4) is 5.75 Å². The Hall–Kier alpha value is -0.260. The van der Waals surface area contributed by atoms with Crippen molar-refractivity contribution in [3.05, 3.63) is 12.1 Å².